The van der Waals surface area contributed by atoms with E-state index >= 15 is 0 Å². The summed E-state index contributed by atoms with van der Waals surface area (Å²) < 4.78 is 1.66. The highest BCUT2D eigenvalue weighted by atomic mass is 16.4. The third-order valence-electron chi connectivity index (χ3n) is 2.80. The van der Waals surface area contributed by atoms with Crippen molar-refractivity contribution < 1.29 is 9.90 Å². The summed E-state index contributed by atoms with van der Waals surface area (Å²) >= 11 is 0. The van der Waals surface area contributed by atoms with Gasteiger partial charge < -0.3 is 10.4 Å². The summed E-state index contributed by atoms with van der Waals surface area (Å²) in [6.07, 6.45) is 3.43. The summed E-state index contributed by atoms with van der Waals surface area (Å²) in [5.74, 6) is -0.965. The van der Waals surface area contributed by atoms with E-state index in [0.29, 0.717) is 0 Å². The van der Waals surface area contributed by atoms with Crippen molar-refractivity contribution in [3.63, 3.8) is 0 Å². The minimum atomic E-state index is -0.965. The molecule has 1 unspecified atom stereocenters. The van der Waals surface area contributed by atoms with Crippen LogP contribution in [0, 0.1) is 0 Å². The Morgan fingerprint density at radius 1 is 1.67 bits per heavy atom. The number of hydrogen-bond acceptors (Lipinski definition) is 3. The molecule has 1 aromatic heterocycles. The van der Waals surface area contributed by atoms with Gasteiger partial charge in [0.05, 0.1) is 5.69 Å². The number of nitrogens with one attached hydrogen (secondary N) is 1. The zero-order valence-electron chi connectivity index (χ0n) is 8.73. The highest BCUT2D eigenvalue weighted by Crippen LogP contribution is 2.22. The Balaban J connectivity index is 2.22. The van der Waals surface area contributed by atoms with E-state index in [4.69, 9.17) is 5.11 Å². The fourth-order valence-corrected chi connectivity index (χ4v) is 2.02. The Kier molecular flexibility index (Phi) is 2.73. The Labute approximate surface area is 88.1 Å². The Bertz CT molecular complexity index is 367. The van der Waals surface area contributed by atoms with Crippen LogP contribution in [0.3, 0.4) is 0 Å². The Morgan fingerprint density at radius 3 is 3.00 bits per heavy atom. The molecule has 2 N–H and O–H groups in total. The van der Waals surface area contributed by atoms with Gasteiger partial charge in [-0.25, -0.2) is 4.79 Å². The first-order valence-electron chi connectivity index (χ1n) is 5.19. The van der Waals surface area contributed by atoms with Crippen LogP contribution in [-0.2, 0) is 7.05 Å². The molecule has 82 valence electrons. The van der Waals surface area contributed by atoms with E-state index in [-0.39, 0.29) is 11.7 Å². The Morgan fingerprint density at radius 2 is 2.47 bits per heavy atom. The fraction of sp³-hybridized carbons (Fsp3) is 0.600. The standard InChI is InChI=1S/C10H15N3O2/c1-13-9(6-8(12-13)10(14)15)7-4-2-3-5-11-7/h6-7,11H,2-5H2,1H3,(H,14,15). The third kappa shape index (κ3) is 2.02. The quantitative estimate of drug-likeness (QED) is 0.760. The van der Waals surface area contributed by atoms with E-state index in [2.05, 4.69) is 10.4 Å². The van der Waals surface area contributed by atoms with E-state index < -0.39 is 5.97 Å². The van der Waals surface area contributed by atoms with Gasteiger partial charge in [0.1, 0.15) is 0 Å². The number of nitrogens with zero attached hydrogens (tertiary/aromatic N) is 2. The first kappa shape index (κ1) is 10.2. The minimum absolute atomic E-state index is 0.125. The van der Waals surface area contributed by atoms with Crippen LogP contribution >= 0.6 is 0 Å². The minimum Gasteiger partial charge on any atom is -0.476 e. The molecule has 0 aliphatic carbocycles. The van der Waals surface area contributed by atoms with Crippen LogP contribution < -0.4 is 5.32 Å². The lowest BCUT2D eigenvalue weighted by molar-refractivity contribution is 0.0689. The molecule has 0 amide bonds. The predicted octanol–water partition coefficient (Wildman–Crippen LogP) is 0.933. The molecule has 5 nitrogen and oxygen atoms in total. The molecule has 0 saturated carbocycles. The van der Waals surface area contributed by atoms with Crippen molar-refractivity contribution in [1.82, 2.24) is 15.1 Å². The van der Waals surface area contributed by atoms with Crippen molar-refractivity contribution in [1.29, 1.82) is 0 Å². The molecule has 2 heterocycles. The van der Waals surface area contributed by atoms with E-state index in [0.717, 1.165) is 18.7 Å². The topological polar surface area (TPSA) is 67.2 Å². The number of carbonyl (C=O) groups is 1. The molecule has 2 rings (SSSR count). The molecule has 15 heavy (non-hydrogen) atoms. The summed E-state index contributed by atoms with van der Waals surface area (Å²) in [4.78, 5) is 10.8. The van der Waals surface area contributed by atoms with E-state index in [1.165, 1.54) is 12.8 Å². The molecule has 1 aliphatic rings. The average molecular weight is 209 g/mol. The van der Waals surface area contributed by atoms with Gasteiger partial charge in [0.2, 0.25) is 0 Å². The summed E-state index contributed by atoms with van der Waals surface area (Å²) in [7, 11) is 1.79. The van der Waals surface area contributed by atoms with Gasteiger partial charge in [-0.3, -0.25) is 4.68 Å². The van der Waals surface area contributed by atoms with Gasteiger partial charge in [-0.15, -0.1) is 0 Å². The number of aromatic nitrogens is 2. The highest BCUT2D eigenvalue weighted by Gasteiger charge is 2.20. The molecular weight excluding hydrogens is 194 g/mol. The van der Waals surface area contributed by atoms with Crippen molar-refractivity contribution in [2.45, 2.75) is 25.3 Å². The first-order valence-corrected chi connectivity index (χ1v) is 5.19. The van der Waals surface area contributed by atoms with Crippen LogP contribution in [0.2, 0.25) is 0 Å². The third-order valence-corrected chi connectivity index (χ3v) is 2.80. The fourth-order valence-electron chi connectivity index (χ4n) is 2.02. The number of carboxylic acids is 1. The molecular formula is C10H15N3O2. The van der Waals surface area contributed by atoms with Gasteiger partial charge in [0.15, 0.2) is 5.69 Å². The lowest BCUT2D eigenvalue weighted by atomic mass is 10.0. The summed E-state index contributed by atoms with van der Waals surface area (Å²) in [5.41, 5.74) is 1.09. The van der Waals surface area contributed by atoms with E-state index in [9.17, 15) is 4.79 Å². The molecule has 0 radical (unpaired) electrons. The molecule has 0 spiro atoms. The zero-order valence-corrected chi connectivity index (χ0v) is 8.73. The van der Waals surface area contributed by atoms with Crippen molar-refractivity contribution in [3.8, 4) is 0 Å². The van der Waals surface area contributed by atoms with Gasteiger partial charge >= 0.3 is 5.97 Å². The molecule has 1 fully saturated rings. The molecule has 5 heteroatoms. The van der Waals surface area contributed by atoms with Gasteiger partial charge in [-0.1, -0.05) is 6.42 Å². The maximum Gasteiger partial charge on any atom is 0.356 e. The zero-order chi connectivity index (χ0) is 10.8. The van der Waals surface area contributed by atoms with Crippen LogP contribution in [0.5, 0.6) is 0 Å². The van der Waals surface area contributed by atoms with Crippen molar-refractivity contribution in [2.24, 2.45) is 7.05 Å². The second-order valence-corrected chi connectivity index (χ2v) is 3.89. The average Bonchev–Trinajstić information content (AvgIpc) is 2.62. The summed E-state index contributed by atoms with van der Waals surface area (Å²) in [5, 5.41) is 16.2. The number of piperidine rings is 1. The smallest absolute Gasteiger partial charge is 0.356 e. The number of rotatable bonds is 2. The highest BCUT2D eigenvalue weighted by molar-refractivity contribution is 5.85. The van der Waals surface area contributed by atoms with Gasteiger partial charge in [-0.05, 0) is 25.5 Å². The predicted molar refractivity (Wildman–Crippen MR) is 54.8 cm³/mol. The monoisotopic (exact) mass is 209 g/mol. The second kappa shape index (κ2) is 4.02. The lowest BCUT2D eigenvalue weighted by Gasteiger charge is -2.23. The van der Waals surface area contributed by atoms with Crippen LogP contribution in [0.25, 0.3) is 0 Å². The number of aromatic carboxylic acids is 1. The SMILES string of the molecule is Cn1nc(C(=O)O)cc1C1CCCCN1. The van der Waals surface area contributed by atoms with Crippen LogP contribution in [0.1, 0.15) is 41.5 Å². The van der Waals surface area contributed by atoms with Gasteiger partial charge in [0, 0.05) is 13.1 Å². The lowest BCUT2D eigenvalue weighted by Crippen LogP contribution is -2.28. The van der Waals surface area contributed by atoms with Crippen LogP contribution in [0.4, 0.5) is 0 Å². The summed E-state index contributed by atoms with van der Waals surface area (Å²) in [6, 6.07) is 1.91. The Hall–Kier alpha value is -1.36. The number of carboxylic acid groups (broad SMARTS) is 1. The largest absolute Gasteiger partial charge is 0.476 e. The van der Waals surface area contributed by atoms with Crippen molar-refractivity contribution in [3.05, 3.63) is 17.5 Å². The van der Waals surface area contributed by atoms with Gasteiger partial charge in [-0.2, -0.15) is 5.10 Å². The maximum atomic E-state index is 10.8. The van der Waals surface area contributed by atoms with Crippen LogP contribution in [0.15, 0.2) is 6.07 Å². The molecule has 0 aromatic carbocycles. The van der Waals surface area contributed by atoms with Crippen molar-refractivity contribution in [2.75, 3.05) is 6.54 Å². The first-order chi connectivity index (χ1) is 7.18. The molecule has 1 saturated heterocycles. The summed E-state index contributed by atoms with van der Waals surface area (Å²) in [6.45, 7) is 0.998. The van der Waals surface area contributed by atoms with Crippen LogP contribution in [-0.4, -0.2) is 27.4 Å². The van der Waals surface area contributed by atoms with Gasteiger partial charge in [0.25, 0.3) is 0 Å². The number of aryl methyl sites for hydroxylation is 1. The van der Waals surface area contributed by atoms with E-state index in [1.54, 1.807) is 17.8 Å². The number of hydrogen-bond donors (Lipinski definition) is 2. The van der Waals surface area contributed by atoms with E-state index in [1.807, 2.05) is 0 Å². The van der Waals surface area contributed by atoms with Crippen molar-refractivity contribution >= 4 is 5.97 Å². The molecule has 1 aromatic rings. The molecule has 0 bridgehead atoms. The normalized spacial score (nSPS) is 21.5. The second-order valence-electron chi connectivity index (χ2n) is 3.89. The maximum absolute atomic E-state index is 10.8. The molecule has 1 atom stereocenters. The molecule has 1 aliphatic heterocycles.